The van der Waals surface area contributed by atoms with Crippen LogP contribution in [0.4, 0.5) is 5.00 Å². The van der Waals surface area contributed by atoms with Crippen molar-refractivity contribution in [2.45, 2.75) is 82.5 Å². The fourth-order valence-electron chi connectivity index (χ4n) is 5.76. The van der Waals surface area contributed by atoms with E-state index in [0.717, 1.165) is 55.4 Å². The van der Waals surface area contributed by atoms with Crippen LogP contribution < -0.4 is 10.6 Å². The summed E-state index contributed by atoms with van der Waals surface area (Å²) in [6, 6.07) is 0.196. The molecule has 0 spiro atoms. The number of hydrogen-bond donors (Lipinski definition) is 3. The predicted molar refractivity (Wildman–Crippen MR) is 112 cm³/mol. The molecule has 4 atom stereocenters. The minimum atomic E-state index is -0.980. The Bertz CT molecular complexity index is 875. The number of carboxylic acid groups (broad SMARTS) is 1. The van der Waals surface area contributed by atoms with Crippen molar-refractivity contribution >= 4 is 34.1 Å². The molecule has 8 heteroatoms. The van der Waals surface area contributed by atoms with Gasteiger partial charge in [-0.1, -0.05) is 19.3 Å². The van der Waals surface area contributed by atoms with Gasteiger partial charge in [-0.15, -0.1) is 11.3 Å². The van der Waals surface area contributed by atoms with Crippen molar-refractivity contribution < 1.29 is 24.2 Å². The fourth-order valence-corrected chi connectivity index (χ4v) is 7.05. The first-order valence-corrected chi connectivity index (χ1v) is 12.0. The van der Waals surface area contributed by atoms with Gasteiger partial charge in [0, 0.05) is 10.9 Å². The number of aryl methyl sites for hydroxylation is 1. The number of anilines is 1. The number of ether oxygens (including phenoxy) is 1. The van der Waals surface area contributed by atoms with Crippen LogP contribution in [0.5, 0.6) is 0 Å². The second kappa shape index (κ2) is 7.96. The summed E-state index contributed by atoms with van der Waals surface area (Å²) in [4.78, 5) is 39.2. The Morgan fingerprint density at radius 1 is 0.933 bits per heavy atom. The highest BCUT2D eigenvalue weighted by Crippen LogP contribution is 2.45. The Morgan fingerprint density at radius 3 is 2.40 bits per heavy atom. The normalized spacial score (nSPS) is 30.3. The van der Waals surface area contributed by atoms with Gasteiger partial charge >= 0.3 is 5.97 Å². The maximum absolute atomic E-state index is 13.2. The van der Waals surface area contributed by atoms with E-state index in [1.54, 1.807) is 0 Å². The number of carboxylic acids is 1. The lowest BCUT2D eigenvalue weighted by atomic mass is 9.79. The van der Waals surface area contributed by atoms with E-state index in [2.05, 4.69) is 10.6 Å². The van der Waals surface area contributed by atoms with E-state index in [1.165, 1.54) is 17.8 Å². The molecule has 2 aliphatic carbocycles. The van der Waals surface area contributed by atoms with Gasteiger partial charge in [-0.2, -0.15) is 0 Å². The van der Waals surface area contributed by atoms with Crippen molar-refractivity contribution in [2.75, 3.05) is 5.32 Å². The van der Waals surface area contributed by atoms with Gasteiger partial charge in [-0.3, -0.25) is 14.4 Å². The van der Waals surface area contributed by atoms with Crippen LogP contribution in [0.15, 0.2) is 0 Å². The average Bonchev–Trinajstić information content (AvgIpc) is 3.48. The highest BCUT2D eigenvalue weighted by molar-refractivity contribution is 7.17. The maximum Gasteiger partial charge on any atom is 0.310 e. The predicted octanol–water partition coefficient (Wildman–Crippen LogP) is 3.12. The zero-order chi connectivity index (χ0) is 20.8. The average molecular weight is 433 g/mol. The molecule has 2 saturated heterocycles. The van der Waals surface area contributed by atoms with Crippen LogP contribution in [-0.2, 0) is 27.2 Å². The molecule has 0 radical (unpaired) electrons. The number of rotatable bonds is 5. The number of hydrogen-bond acceptors (Lipinski definition) is 5. The molecule has 2 bridgehead atoms. The number of carbonyl (C=O) groups is 3. The number of aliphatic carboxylic acids is 1. The second-order valence-corrected chi connectivity index (χ2v) is 10.1. The number of amides is 2. The van der Waals surface area contributed by atoms with Crippen LogP contribution in [0.3, 0.4) is 0 Å². The summed E-state index contributed by atoms with van der Waals surface area (Å²) in [6.45, 7) is 0. The molecular weight excluding hydrogens is 404 g/mol. The van der Waals surface area contributed by atoms with Gasteiger partial charge in [0.1, 0.15) is 5.00 Å². The van der Waals surface area contributed by atoms with Crippen molar-refractivity contribution in [3.05, 3.63) is 16.0 Å². The SMILES string of the molecule is O=C(NC1CCCCC1)c1c(NC(=O)[C@@H]2[C@H](C(=O)O)[C@@H]3CC[C@H]2O3)sc2c1CCC2. The van der Waals surface area contributed by atoms with E-state index >= 15 is 0 Å². The first-order valence-electron chi connectivity index (χ1n) is 11.2. The van der Waals surface area contributed by atoms with Gasteiger partial charge in [-0.25, -0.2) is 0 Å². The van der Waals surface area contributed by atoms with Gasteiger partial charge in [0.15, 0.2) is 0 Å². The van der Waals surface area contributed by atoms with Crippen molar-refractivity contribution in [3.8, 4) is 0 Å². The zero-order valence-corrected chi connectivity index (χ0v) is 17.8. The van der Waals surface area contributed by atoms with Gasteiger partial charge in [-0.05, 0) is 50.5 Å². The summed E-state index contributed by atoms with van der Waals surface area (Å²) < 4.78 is 5.74. The second-order valence-electron chi connectivity index (χ2n) is 9.04. The smallest absolute Gasteiger partial charge is 0.310 e. The number of thiophene rings is 1. The van der Waals surface area contributed by atoms with Crippen LogP contribution in [0.1, 0.15) is 72.2 Å². The van der Waals surface area contributed by atoms with Gasteiger partial charge < -0.3 is 20.5 Å². The van der Waals surface area contributed by atoms with Crippen LogP contribution in [-0.4, -0.2) is 41.1 Å². The Balaban J connectivity index is 1.37. The molecule has 1 saturated carbocycles. The molecule has 7 nitrogen and oxygen atoms in total. The standard InChI is InChI=1S/C22H28N2O5S/c25-19(23-11-5-2-1-3-6-11)16-12-7-4-8-15(12)30-21(16)24-20(26)17-13-9-10-14(29-13)18(17)22(27)28/h11,13-14,17-18H,1-10H2,(H,23,25)(H,24,26)(H,27,28)/t13-,14+,17+,18-/m1/s1. The molecule has 3 N–H and O–H groups in total. The van der Waals surface area contributed by atoms with E-state index in [4.69, 9.17) is 4.74 Å². The third-order valence-electron chi connectivity index (χ3n) is 7.19. The lowest BCUT2D eigenvalue weighted by Crippen LogP contribution is -2.41. The molecule has 0 unspecified atom stereocenters. The van der Waals surface area contributed by atoms with E-state index in [1.807, 2.05) is 0 Å². The molecule has 2 amide bonds. The molecule has 3 fully saturated rings. The molecule has 0 aromatic carbocycles. The molecule has 4 aliphatic rings. The van der Waals surface area contributed by atoms with E-state index in [0.29, 0.717) is 23.4 Å². The van der Waals surface area contributed by atoms with Crippen LogP contribution in [0.25, 0.3) is 0 Å². The molecule has 3 heterocycles. The molecule has 2 aliphatic heterocycles. The van der Waals surface area contributed by atoms with Gasteiger partial charge in [0.25, 0.3) is 5.91 Å². The number of fused-ring (bicyclic) bond motifs is 3. The third kappa shape index (κ3) is 3.43. The highest BCUT2D eigenvalue weighted by atomic mass is 32.1. The van der Waals surface area contributed by atoms with Crippen molar-refractivity contribution in [3.63, 3.8) is 0 Å². The van der Waals surface area contributed by atoms with Crippen molar-refractivity contribution in [2.24, 2.45) is 11.8 Å². The minimum Gasteiger partial charge on any atom is -0.481 e. The summed E-state index contributed by atoms with van der Waals surface area (Å²) in [5.74, 6) is -2.93. The van der Waals surface area contributed by atoms with Crippen molar-refractivity contribution in [1.29, 1.82) is 0 Å². The van der Waals surface area contributed by atoms with Gasteiger partial charge in [0.2, 0.25) is 5.91 Å². The van der Waals surface area contributed by atoms with E-state index in [-0.39, 0.29) is 30.1 Å². The molecule has 1 aromatic rings. The quantitative estimate of drug-likeness (QED) is 0.663. The Labute approximate surface area is 179 Å². The Morgan fingerprint density at radius 2 is 1.67 bits per heavy atom. The van der Waals surface area contributed by atoms with E-state index in [9.17, 15) is 19.5 Å². The lowest BCUT2D eigenvalue weighted by molar-refractivity contribution is -0.147. The first-order chi connectivity index (χ1) is 14.5. The van der Waals surface area contributed by atoms with Crippen LogP contribution in [0, 0.1) is 11.8 Å². The van der Waals surface area contributed by atoms with Crippen LogP contribution >= 0.6 is 11.3 Å². The summed E-state index contributed by atoms with van der Waals surface area (Å²) in [7, 11) is 0. The fraction of sp³-hybridized carbons (Fsp3) is 0.682. The zero-order valence-electron chi connectivity index (χ0n) is 16.9. The highest BCUT2D eigenvalue weighted by Gasteiger charge is 2.55. The molecule has 5 rings (SSSR count). The summed E-state index contributed by atoms with van der Waals surface area (Å²) in [5.41, 5.74) is 1.66. The third-order valence-corrected chi connectivity index (χ3v) is 8.39. The van der Waals surface area contributed by atoms with E-state index < -0.39 is 17.8 Å². The maximum atomic E-state index is 13.2. The summed E-state index contributed by atoms with van der Waals surface area (Å²) in [5, 5.41) is 16.3. The van der Waals surface area contributed by atoms with Crippen molar-refractivity contribution in [1.82, 2.24) is 5.32 Å². The number of nitrogens with one attached hydrogen (secondary N) is 2. The first kappa shape index (κ1) is 20.0. The molecule has 162 valence electrons. The Hall–Kier alpha value is -1.93. The summed E-state index contributed by atoms with van der Waals surface area (Å²) >= 11 is 1.47. The van der Waals surface area contributed by atoms with Crippen LogP contribution in [0.2, 0.25) is 0 Å². The largest absolute Gasteiger partial charge is 0.481 e. The number of carbonyl (C=O) groups excluding carboxylic acids is 2. The monoisotopic (exact) mass is 432 g/mol. The lowest BCUT2D eigenvalue weighted by Gasteiger charge is -2.24. The summed E-state index contributed by atoms with van der Waals surface area (Å²) in [6.07, 6.45) is 8.97. The molecular formula is C22H28N2O5S. The molecule has 30 heavy (non-hydrogen) atoms. The topological polar surface area (TPSA) is 105 Å². The Kier molecular flexibility index (Phi) is 5.31. The van der Waals surface area contributed by atoms with Gasteiger partial charge in [0.05, 0.1) is 29.6 Å². The minimum absolute atomic E-state index is 0.101. The molecule has 1 aromatic heterocycles.